The molecule has 0 bridgehead atoms. The Morgan fingerprint density at radius 1 is 1.33 bits per heavy atom. The Bertz CT molecular complexity index is 504. The van der Waals surface area contributed by atoms with E-state index in [9.17, 15) is 0 Å². The fourth-order valence-corrected chi connectivity index (χ4v) is 2.40. The molecule has 0 aliphatic rings. The van der Waals surface area contributed by atoms with Crippen molar-refractivity contribution in [3.05, 3.63) is 30.1 Å². The molecular formula is C15H22N2O. The Balaban J connectivity index is 2.40. The molecule has 1 heterocycles. The van der Waals surface area contributed by atoms with Crippen LogP contribution in [0.1, 0.15) is 38.6 Å². The van der Waals surface area contributed by atoms with Crippen LogP contribution < -0.4 is 0 Å². The Labute approximate surface area is 109 Å². The molecule has 2 aromatic rings. The van der Waals surface area contributed by atoms with Crippen LogP contribution in [-0.4, -0.2) is 23.3 Å². The second-order valence-corrected chi connectivity index (χ2v) is 4.77. The van der Waals surface area contributed by atoms with E-state index in [2.05, 4.69) is 42.7 Å². The van der Waals surface area contributed by atoms with Gasteiger partial charge in [0.25, 0.3) is 0 Å². The van der Waals surface area contributed by atoms with E-state index in [0.29, 0.717) is 6.04 Å². The Morgan fingerprint density at radius 3 is 2.83 bits per heavy atom. The molecule has 0 aliphatic heterocycles. The molecule has 3 heteroatoms. The van der Waals surface area contributed by atoms with Gasteiger partial charge in [0.05, 0.1) is 11.0 Å². The predicted molar refractivity (Wildman–Crippen MR) is 74.9 cm³/mol. The number of rotatable bonds is 6. The van der Waals surface area contributed by atoms with Gasteiger partial charge in [0.1, 0.15) is 5.82 Å². The Kier molecular flexibility index (Phi) is 4.37. The summed E-state index contributed by atoms with van der Waals surface area (Å²) in [5.41, 5.74) is 2.34. The molecule has 2 rings (SSSR count). The van der Waals surface area contributed by atoms with Crippen LogP contribution in [0.4, 0.5) is 0 Å². The van der Waals surface area contributed by atoms with Crippen LogP contribution in [0.5, 0.6) is 0 Å². The molecule has 0 amide bonds. The molecule has 1 unspecified atom stereocenters. The summed E-state index contributed by atoms with van der Waals surface area (Å²) < 4.78 is 7.56. The molecule has 98 valence electrons. The molecule has 0 saturated heterocycles. The molecule has 0 saturated carbocycles. The number of methoxy groups -OCH3 is 1. The topological polar surface area (TPSA) is 27.1 Å². The van der Waals surface area contributed by atoms with E-state index in [4.69, 9.17) is 9.72 Å². The normalized spacial score (nSPS) is 13.1. The predicted octanol–water partition coefficient (Wildman–Crippen LogP) is 3.59. The molecule has 0 radical (unpaired) electrons. The zero-order chi connectivity index (χ0) is 13.0. The van der Waals surface area contributed by atoms with E-state index < -0.39 is 0 Å². The average Bonchev–Trinajstić information content (AvgIpc) is 2.74. The van der Waals surface area contributed by atoms with Gasteiger partial charge in [0.15, 0.2) is 0 Å². The highest BCUT2D eigenvalue weighted by Crippen LogP contribution is 2.23. The fourth-order valence-electron chi connectivity index (χ4n) is 2.40. The molecule has 0 aliphatic carbocycles. The minimum absolute atomic E-state index is 0.430. The van der Waals surface area contributed by atoms with Crippen molar-refractivity contribution < 1.29 is 4.74 Å². The van der Waals surface area contributed by atoms with Crippen LogP contribution in [0.15, 0.2) is 24.3 Å². The molecule has 1 atom stereocenters. The van der Waals surface area contributed by atoms with Crippen LogP contribution in [-0.2, 0) is 11.2 Å². The smallest absolute Gasteiger partial charge is 0.110 e. The molecular weight excluding hydrogens is 224 g/mol. The van der Waals surface area contributed by atoms with E-state index in [-0.39, 0.29) is 0 Å². The van der Waals surface area contributed by atoms with Gasteiger partial charge in [-0.05, 0) is 31.9 Å². The third-order valence-electron chi connectivity index (χ3n) is 3.32. The van der Waals surface area contributed by atoms with Crippen molar-refractivity contribution >= 4 is 11.0 Å². The van der Waals surface area contributed by atoms with Gasteiger partial charge in [-0.1, -0.05) is 19.1 Å². The summed E-state index contributed by atoms with van der Waals surface area (Å²) in [4.78, 5) is 4.75. The third kappa shape index (κ3) is 2.56. The molecule has 18 heavy (non-hydrogen) atoms. The Morgan fingerprint density at radius 2 is 2.11 bits per heavy atom. The van der Waals surface area contributed by atoms with Gasteiger partial charge in [0, 0.05) is 26.2 Å². The summed E-state index contributed by atoms with van der Waals surface area (Å²) in [7, 11) is 1.76. The fraction of sp³-hybridized carbons (Fsp3) is 0.533. The van der Waals surface area contributed by atoms with Gasteiger partial charge in [0.2, 0.25) is 0 Å². The lowest BCUT2D eigenvalue weighted by Gasteiger charge is -2.17. The van der Waals surface area contributed by atoms with Crippen molar-refractivity contribution in [2.24, 2.45) is 0 Å². The number of para-hydroxylation sites is 2. The lowest BCUT2D eigenvalue weighted by Crippen LogP contribution is -2.11. The number of fused-ring (bicyclic) bond motifs is 1. The van der Waals surface area contributed by atoms with Crippen LogP contribution in [0.3, 0.4) is 0 Å². The number of hydrogen-bond donors (Lipinski definition) is 0. The maximum Gasteiger partial charge on any atom is 0.110 e. The lowest BCUT2D eigenvalue weighted by atomic mass is 10.2. The number of ether oxygens (including phenoxy) is 1. The van der Waals surface area contributed by atoms with E-state index in [1.54, 1.807) is 7.11 Å². The highest BCUT2D eigenvalue weighted by molar-refractivity contribution is 5.76. The van der Waals surface area contributed by atoms with Crippen LogP contribution in [0, 0.1) is 0 Å². The molecule has 1 aromatic heterocycles. The molecule has 0 fully saturated rings. The highest BCUT2D eigenvalue weighted by Gasteiger charge is 2.14. The van der Waals surface area contributed by atoms with Gasteiger partial charge in [-0.25, -0.2) is 4.98 Å². The Hall–Kier alpha value is -1.35. The maximum absolute atomic E-state index is 5.19. The standard InChI is InChI=1S/C15H22N2O/c1-4-7-15-16-13-8-5-6-9-14(13)17(15)12(2)10-11-18-3/h5-6,8-9,12H,4,7,10-11H2,1-3H3. The van der Waals surface area contributed by atoms with Crippen molar-refractivity contribution in [2.45, 2.75) is 39.2 Å². The SMILES string of the molecule is CCCc1nc2ccccc2n1C(C)CCOC. The number of nitrogens with zero attached hydrogens (tertiary/aromatic N) is 2. The second kappa shape index (κ2) is 6.01. The van der Waals surface area contributed by atoms with Crippen molar-refractivity contribution in [1.82, 2.24) is 9.55 Å². The van der Waals surface area contributed by atoms with Gasteiger partial charge < -0.3 is 9.30 Å². The quantitative estimate of drug-likeness (QED) is 0.779. The number of imidazole rings is 1. The second-order valence-electron chi connectivity index (χ2n) is 4.77. The average molecular weight is 246 g/mol. The zero-order valence-corrected chi connectivity index (χ0v) is 11.5. The van der Waals surface area contributed by atoms with Crippen LogP contribution >= 0.6 is 0 Å². The van der Waals surface area contributed by atoms with Crippen LogP contribution in [0.25, 0.3) is 11.0 Å². The summed E-state index contributed by atoms with van der Waals surface area (Å²) in [5.74, 6) is 1.20. The first-order valence-electron chi connectivity index (χ1n) is 6.72. The first-order valence-corrected chi connectivity index (χ1v) is 6.72. The van der Waals surface area contributed by atoms with E-state index in [0.717, 1.165) is 31.4 Å². The van der Waals surface area contributed by atoms with E-state index in [1.165, 1.54) is 11.3 Å². The number of hydrogen-bond acceptors (Lipinski definition) is 2. The summed E-state index contributed by atoms with van der Waals surface area (Å²) in [6, 6.07) is 8.81. The van der Waals surface area contributed by atoms with Crippen molar-refractivity contribution in [3.8, 4) is 0 Å². The van der Waals surface area contributed by atoms with Crippen LogP contribution in [0.2, 0.25) is 0 Å². The third-order valence-corrected chi connectivity index (χ3v) is 3.32. The van der Waals surface area contributed by atoms with E-state index >= 15 is 0 Å². The largest absolute Gasteiger partial charge is 0.385 e. The van der Waals surface area contributed by atoms with Crippen molar-refractivity contribution in [1.29, 1.82) is 0 Å². The van der Waals surface area contributed by atoms with Crippen molar-refractivity contribution in [2.75, 3.05) is 13.7 Å². The molecule has 1 aromatic carbocycles. The first kappa shape index (κ1) is 13.1. The molecule has 0 spiro atoms. The maximum atomic E-state index is 5.19. The first-order chi connectivity index (χ1) is 8.77. The minimum Gasteiger partial charge on any atom is -0.385 e. The van der Waals surface area contributed by atoms with Gasteiger partial charge in [-0.15, -0.1) is 0 Å². The highest BCUT2D eigenvalue weighted by atomic mass is 16.5. The van der Waals surface area contributed by atoms with Gasteiger partial charge in [-0.3, -0.25) is 0 Å². The number of aromatic nitrogens is 2. The minimum atomic E-state index is 0.430. The zero-order valence-electron chi connectivity index (χ0n) is 11.5. The molecule has 3 nitrogen and oxygen atoms in total. The van der Waals surface area contributed by atoms with Gasteiger partial charge >= 0.3 is 0 Å². The lowest BCUT2D eigenvalue weighted by molar-refractivity contribution is 0.181. The number of benzene rings is 1. The summed E-state index contributed by atoms with van der Waals surface area (Å²) in [6.45, 7) is 5.23. The summed E-state index contributed by atoms with van der Waals surface area (Å²) in [6.07, 6.45) is 3.18. The summed E-state index contributed by atoms with van der Waals surface area (Å²) >= 11 is 0. The summed E-state index contributed by atoms with van der Waals surface area (Å²) in [5, 5.41) is 0. The van der Waals surface area contributed by atoms with Crippen molar-refractivity contribution in [3.63, 3.8) is 0 Å². The van der Waals surface area contributed by atoms with E-state index in [1.807, 2.05) is 0 Å². The van der Waals surface area contributed by atoms with Gasteiger partial charge in [-0.2, -0.15) is 0 Å². The molecule has 0 N–H and O–H groups in total. The number of aryl methyl sites for hydroxylation is 1. The monoisotopic (exact) mass is 246 g/mol.